The zero-order valence-corrected chi connectivity index (χ0v) is 13.5. The van der Waals surface area contributed by atoms with E-state index in [1.165, 1.54) is 0 Å². The summed E-state index contributed by atoms with van der Waals surface area (Å²) in [5, 5.41) is 2.92. The molecule has 0 aliphatic rings. The van der Waals surface area contributed by atoms with Crippen LogP contribution in [0.25, 0.3) is 0 Å². The van der Waals surface area contributed by atoms with Crippen LogP contribution in [0.5, 0.6) is 0 Å². The van der Waals surface area contributed by atoms with E-state index in [-0.39, 0.29) is 23.6 Å². The summed E-state index contributed by atoms with van der Waals surface area (Å²) in [7, 11) is 0. The molecule has 1 unspecified atom stereocenters. The number of halogens is 1. The molecular weight excluding hydrogens is 276 g/mol. The van der Waals surface area contributed by atoms with Crippen LogP contribution < -0.4 is 5.32 Å². The van der Waals surface area contributed by atoms with Gasteiger partial charge in [0.1, 0.15) is 6.04 Å². The molecule has 112 valence electrons. The van der Waals surface area contributed by atoms with Gasteiger partial charge in [-0.25, -0.2) is 0 Å². The average molecular weight is 299 g/mol. The number of Topliss-reactive ketones (excluding diaryl/α,β-unsaturated/α-hetero) is 1. The lowest BCUT2D eigenvalue weighted by Crippen LogP contribution is -2.34. The minimum Gasteiger partial charge on any atom is -0.354 e. The lowest BCUT2D eigenvalue weighted by molar-refractivity contribution is -0.124. The van der Waals surface area contributed by atoms with Crippen LogP contribution in [0.4, 0.5) is 0 Å². The molecule has 1 rings (SSSR count). The van der Waals surface area contributed by atoms with Crippen molar-refractivity contribution >= 4 is 23.3 Å². The number of hydrogen-bond acceptors (Lipinski definition) is 2. The maximum atomic E-state index is 12.2. The molecule has 0 aliphatic carbocycles. The van der Waals surface area contributed by atoms with Crippen molar-refractivity contribution in [1.82, 2.24) is 9.88 Å². The van der Waals surface area contributed by atoms with Gasteiger partial charge in [-0.3, -0.25) is 9.59 Å². The summed E-state index contributed by atoms with van der Waals surface area (Å²) in [6.07, 6.45) is 0. The van der Waals surface area contributed by atoms with Gasteiger partial charge >= 0.3 is 0 Å². The predicted molar refractivity (Wildman–Crippen MR) is 81.5 cm³/mol. The predicted octanol–water partition coefficient (Wildman–Crippen LogP) is 2.86. The number of aryl methyl sites for hydroxylation is 1. The van der Waals surface area contributed by atoms with Crippen LogP contribution in [-0.4, -0.2) is 28.7 Å². The van der Waals surface area contributed by atoms with Gasteiger partial charge in [0, 0.05) is 23.5 Å². The van der Waals surface area contributed by atoms with Crippen LogP contribution in [0, 0.1) is 19.8 Å². The van der Waals surface area contributed by atoms with Gasteiger partial charge in [-0.1, -0.05) is 13.8 Å². The summed E-state index contributed by atoms with van der Waals surface area (Å²) in [6, 6.07) is 1.46. The number of carbonyl (C=O) groups is 2. The first-order chi connectivity index (χ1) is 9.29. The fourth-order valence-corrected chi connectivity index (χ4v) is 2.44. The average Bonchev–Trinajstić information content (AvgIpc) is 2.69. The Bertz CT molecular complexity index is 506. The van der Waals surface area contributed by atoms with E-state index >= 15 is 0 Å². The first kappa shape index (κ1) is 16.8. The first-order valence-electron chi connectivity index (χ1n) is 6.84. The highest BCUT2D eigenvalue weighted by Crippen LogP contribution is 2.21. The van der Waals surface area contributed by atoms with Gasteiger partial charge in [-0.05, 0) is 32.8 Å². The normalized spacial score (nSPS) is 12.6. The standard InChI is InChI=1S/C15H23ClN2O2/c1-9(2)8-17-15(20)12(5)18-10(3)6-13(11(18)4)14(19)7-16/h6,9,12H,7-8H2,1-5H3,(H,17,20). The number of nitrogens with one attached hydrogen (secondary N) is 1. The minimum atomic E-state index is -0.342. The highest BCUT2D eigenvalue weighted by molar-refractivity contribution is 6.30. The van der Waals surface area contributed by atoms with E-state index < -0.39 is 0 Å². The van der Waals surface area contributed by atoms with Crippen LogP contribution in [0.3, 0.4) is 0 Å². The second kappa shape index (κ2) is 6.93. The number of aromatic nitrogens is 1. The van der Waals surface area contributed by atoms with Crippen molar-refractivity contribution in [3.05, 3.63) is 23.0 Å². The Labute approximate surface area is 125 Å². The minimum absolute atomic E-state index is 0.0367. The molecule has 4 nitrogen and oxygen atoms in total. The molecule has 0 aliphatic heterocycles. The van der Waals surface area contributed by atoms with Crippen molar-refractivity contribution in [3.8, 4) is 0 Å². The smallest absolute Gasteiger partial charge is 0.242 e. The molecule has 20 heavy (non-hydrogen) atoms. The van der Waals surface area contributed by atoms with E-state index in [2.05, 4.69) is 5.32 Å². The Hall–Kier alpha value is -1.29. The second-order valence-corrected chi connectivity index (χ2v) is 5.79. The molecular formula is C15H23ClN2O2. The topological polar surface area (TPSA) is 51.1 Å². The van der Waals surface area contributed by atoms with Crippen LogP contribution >= 0.6 is 11.6 Å². The molecule has 1 amide bonds. The number of rotatable bonds is 6. The highest BCUT2D eigenvalue weighted by atomic mass is 35.5. The fraction of sp³-hybridized carbons (Fsp3) is 0.600. The summed E-state index contributed by atoms with van der Waals surface area (Å²) < 4.78 is 1.88. The summed E-state index contributed by atoms with van der Waals surface area (Å²) in [4.78, 5) is 23.9. The number of amides is 1. The van der Waals surface area contributed by atoms with Gasteiger partial charge in [0.15, 0.2) is 5.78 Å². The molecule has 0 aromatic carbocycles. The summed E-state index contributed by atoms with van der Waals surface area (Å²) >= 11 is 5.61. The highest BCUT2D eigenvalue weighted by Gasteiger charge is 2.22. The molecule has 1 N–H and O–H groups in total. The molecule has 1 aromatic rings. The van der Waals surface area contributed by atoms with Crippen LogP contribution in [0.15, 0.2) is 6.07 Å². The van der Waals surface area contributed by atoms with Gasteiger partial charge in [-0.2, -0.15) is 0 Å². The SMILES string of the molecule is Cc1cc(C(=O)CCl)c(C)n1C(C)C(=O)NCC(C)C. The van der Waals surface area contributed by atoms with Gasteiger partial charge in [0.2, 0.25) is 5.91 Å². The van der Waals surface area contributed by atoms with E-state index in [1.54, 1.807) is 6.07 Å². The maximum Gasteiger partial charge on any atom is 0.242 e. The Kier molecular flexibility index (Phi) is 5.81. The van der Waals surface area contributed by atoms with Gasteiger partial charge in [-0.15, -0.1) is 11.6 Å². The summed E-state index contributed by atoms with van der Waals surface area (Å²) in [5.41, 5.74) is 2.28. The zero-order valence-electron chi connectivity index (χ0n) is 12.8. The van der Waals surface area contributed by atoms with Crippen molar-refractivity contribution in [2.75, 3.05) is 12.4 Å². The number of ketones is 1. The van der Waals surface area contributed by atoms with E-state index in [1.807, 2.05) is 39.2 Å². The molecule has 0 bridgehead atoms. The Morgan fingerprint density at radius 3 is 2.40 bits per heavy atom. The summed E-state index contributed by atoms with van der Waals surface area (Å²) in [6.45, 7) is 10.3. The van der Waals surface area contributed by atoms with Gasteiger partial charge in [0.05, 0.1) is 5.88 Å². The number of carbonyl (C=O) groups excluding carboxylic acids is 2. The van der Waals surface area contributed by atoms with Crippen LogP contribution in [-0.2, 0) is 4.79 Å². The summed E-state index contributed by atoms with van der Waals surface area (Å²) in [5.74, 6) is 0.218. The van der Waals surface area contributed by atoms with E-state index in [9.17, 15) is 9.59 Å². The van der Waals surface area contributed by atoms with Crippen molar-refractivity contribution in [3.63, 3.8) is 0 Å². The quantitative estimate of drug-likeness (QED) is 0.648. The van der Waals surface area contributed by atoms with Crippen molar-refractivity contribution in [2.24, 2.45) is 5.92 Å². The maximum absolute atomic E-state index is 12.2. The lowest BCUT2D eigenvalue weighted by atomic mass is 10.2. The third kappa shape index (κ3) is 3.63. The van der Waals surface area contributed by atoms with Crippen molar-refractivity contribution < 1.29 is 9.59 Å². The molecule has 1 heterocycles. The monoisotopic (exact) mass is 298 g/mol. The number of hydrogen-bond donors (Lipinski definition) is 1. The van der Waals surface area contributed by atoms with Gasteiger partial charge in [0.25, 0.3) is 0 Å². The van der Waals surface area contributed by atoms with Crippen LogP contribution in [0.2, 0.25) is 0 Å². The molecule has 0 saturated carbocycles. The molecule has 5 heteroatoms. The second-order valence-electron chi connectivity index (χ2n) is 5.53. The number of nitrogens with zero attached hydrogens (tertiary/aromatic N) is 1. The Morgan fingerprint density at radius 2 is 1.90 bits per heavy atom. The first-order valence-corrected chi connectivity index (χ1v) is 7.38. The molecule has 0 spiro atoms. The molecule has 0 saturated heterocycles. The van der Waals surface area contributed by atoms with Crippen molar-refractivity contribution in [2.45, 2.75) is 40.7 Å². The van der Waals surface area contributed by atoms with Crippen LogP contribution in [0.1, 0.15) is 48.6 Å². The molecule has 0 radical (unpaired) electrons. The van der Waals surface area contributed by atoms with E-state index in [4.69, 9.17) is 11.6 Å². The van der Waals surface area contributed by atoms with Crippen molar-refractivity contribution in [1.29, 1.82) is 0 Å². The lowest BCUT2D eigenvalue weighted by Gasteiger charge is -2.19. The van der Waals surface area contributed by atoms with E-state index in [0.29, 0.717) is 18.0 Å². The third-order valence-electron chi connectivity index (χ3n) is 3.36. The largest absolute Gasteiger partial charge is 0.354 e. The third-order valence-corrected chi connectivity index (χ3v) is 3.60. The Balaban J connectivity index is 2.98. The number of alkyl halides is 1. The fourth-order valence-electron chi connectivity index (χ4n) is 2.30. The van der Waals surface area contributed by atoms with Gasteiger partial charge < -0.3 is 9.88 Å². The Morgan fingerprint density at radius 1 is 1.30 bits per heavy atom. The molecule has 1 aromatic heterocycles. The molecule has 0 fully saturated rings. The van der Waals surface area contributed by atoms with E-state index in [0.717, 1.165) is 11.4 Å². The molecule has 1 atom stereocenters. The zero-order chi connectivity index (χ0) is 15.4.